The van der Waals surface area contributed by atoms with E-state index >= 15 is 0 Å². The number of pyridine rings is 1. The van der Waals surface area contributed by atoms with E-state index in [1.54, 1.807) is 19.3 Å². The Bertz CT molecular complexity index is 680. The van der Waals surface area contributed by atoms with Crippen molar-refractivity contribution in [2.75, 3.05) is 36.5 Å². The third-order valence-corrected chi connectivity index (χ3v) is 6.77. The summed E-state index contributed by atoms with van der Waals surface area (Å²) in [6.45, 7) is 2.07. The van der Waals surface area contributed by atoms with E-state index in [0.717, 1.165) is 18.8 Å². The van der Waals surface area contributed by atoms with Gasteiger partial charge >= 0.3 is 0 Å². The second kappa shape index (κ2) is 7.09. The van der Waals surface area contributed by atoms with Gasteiger partial charge in [-0.15, -0.1) is 0 Å². The number of sulfone groups is 1. The van der Waals surface area contributed by atoms with E-state index in [-0.39, 0.29) is 23.5 Å². The van der Waals surface area contributed by atoms with Crippen LogP contribution in [0.1, 0.15) is 42.6 Å². The monoisotopic (exact) mass is 351 g/mol. The normalized spacial score (nSPS) is 23.7. The van der Waals surface area contributed by atoms with Crippen LogP contribution in [0.25, 0.3) is 0 Å². The molecule has 2 aliphatic heterocycles. The number of rotatable bonds is 3. The summed E-state index contributed by atoms with van der Waals surface area (Å²) < 4.78 is 23.2. The summed E-state index contributed by atoms with van der Waals surface area (Å²) in [6.07, 6.45) is 7.21. The van der Waals surface area contributed by atoms with E-state index in [4.69, 9.17) is 0 Å². The second-order valence-electron chi connectivity index (χ2n) is 6.78. The number of carbonyl (C=O) groups is 1. The van der Waals surface area contributed by atoms with Gasteiger partial charge in [-0.05, 0) is 31.4 Å². The lowest BCUT2D eigenvalue weighted by molar-refractivity contribution is 0.0742. The zero-order valence-corrected chi connectivity index (χ0v) is 15.0. The van der Waals surface area contributed by atoms with Gasteiger partial charge in [0.15, 0.2) is 9.84 Å². The number of amides is 1. The van der Waals surface area contributed by atoms with Crippen LogP contribution < -0.4 is 4.90 Å². The minimum atomic E-state index is -3.00. The van der Waals surface area contributed by atoms with Crippen molar-refractivity contribution in [3.05, 3.63) is 24.0 Å². The van der Waals surface area contributed by atoms with Crippen LogP contribution >= 0.6 is 0 Å². The number of hydrogen-bond donors (Lipinski definition) is 0. The molecule has 3 heterocycles. The van der Waals surface area contributed by atoms with Crippen LogP contribution in [0.3, 0.4) is 0 Å². The Hall–Kier alpha value is -1.63. The Morgan fingerprint density at radius 2 is 1.92 bits per heavy atom. The van der Waals surface area contributed by atoms with Crippen LogP contribution in [-0.2, 0) is 9.84 Å². The van der Waals surface area contributed by atoms with Crippen molar-refractivity contribution in [2.45, 2.75) is 38.1 Å². The molecule has 3 rings (SSSR count). The molecule has 0 radical (unpaired) electrons. The van der Waals surface area contributed by atoms with Gasteiger partial charge in [-0.2, -0.15) is 0 Å². The summed E-state index contributed by atoms with van der Waals surface area (Å²) in [6, 6.07) is 3.46. The molecule has 1 atom stereocenters. The van der Waals surface area contributed by atoms with E-state index in [2.05, 4.69) is 9.88 Å². The number of anilines is 1. The summed E-state index contributed by atoms with van der Waals surface area (Å²) in [5.74, 6) is 0.0112. The summed E-state index contributed by atoms with van der Waals surface area (Å²) in [4.78, 5) is 20.7. The molecule has 0 bridgehead atoms. The quantitative estimate of drug-likeness (QED) is 0.829. The summed E-state index contributed by atoms with van der Waals surface area (Å²) in [7, 11) is -1.34. The van der Waals surface area contributed by atoms with Gasteiger partial charge in [0.1, 0.15) is 5.69 Å². The molecule has 132 valence electrons. The van der Waals surface area contributed by atoms with E-state index in [1.165, 1.54) is 30.6 Å². The minimum Gasteiger partial charge on any atom is -0.370 e. The third kappa shape index (κ3) is 3.88. The highest BCUT2D eigenvalue weighted by atomic mass is 32.2. The van der Waals surface area contributed by atoms with Crippen molar-refractivity contribution in [3.8, 4) is 0 Å². The van der Waals surface area contributed by atoms with Crippen molar-refractivity contribution in [2.24, 2.45) is 0 Å². The van der Waals surface area contributed by atoms with Crippen molar-refractivity contribution in [1.82, 2.24) is 9.88 Å². The summed E-state index contributed by atoms with van der Waals surface area (Å²) in [5, 5.41) is 0. The first-order chi connectivity index (χ1) is 11.5. The first-order valence-electron chi connectivity index (χ1n) is 8.65. The van der Waals surface area contributed by atoms with E-state index in [9.17, 15) is 13.2 Å². The summed E-state index contributed by atoms with van der Waals surface area (Å²) >= 11 is 0. The Morgan fingerprint density at radius 3 is 2.46 bits per heavy atom. The molecule has 24 heavy (non-hydrogen) atoms. The fourth-order valence-corrected chi connectivity index (χ4v) is 5.23. The van der Waals surface area contributed by atoms with Gasteiger partial charge < -0.3 is 9.80 Å². The molecule has 1 aromatic rings. The topological polar surface area (TPSA) is 70.6 Å². The molecule has 0 saturated carbocycles. The van der Waals surface area contributed by atoms with Crippen molar-refractivity contribution in [1.29, 1.82) is 0 Å². The molecule has 1 aromatic heterocycles. The van der Waals surface area contributed by atoms with E-state index in [0.29, 0.717) is 12.1 Å². The maximum Gasteiger partial charge on any atom is 0.272 e. The molecule has 2 fully saturated rings. The minimum absolute atomic E-state index is 0.0566. The van der Waals surface area contributed by atoms with Gasteiger partial charge in [0.25, 0.3) is 5.91 Å². The molecular weight excluding hydrogens is 326 g/mol. The lowest BCUT2D eigenvalue weighted by atomic mass is 10.2. The average Bonchev–Trinajstić information content (AvgIpc) is 2.79. The van der Waals surface area contributed by atoms with Crippen LogP contribution in [0.5, 0.6) is 0 Å². The predicted molar refractivity (Wildman–Crippen MR) is 94.1 cm³/mol. The van der Waals surface area contributed by atoms with E-state index in [1.807, 2.05) is 6.07 Å². The second-order valence-corrected chi connectivity index (χ2v) is 9.00. The summed E-state index contributed by atoms with van der Waals surface area (Å²) in [5.41, 5.74) is 1.43. The van der Waals surface area contributed by atoms with Crippen LogP contribution in [0.2, 0.25) is 0 Å². The van der Waals surface area contributed by atoms with Crippen molar-refractivity contribution >= 4 is 21.4 Å². The van der Waals surface area contributed by atoms with Gasteiger partial charge in [-0.1, -0.05) is 12.8 Å². The molecule has 7 heteroatoms. The molecule has 0 aliphatic carbocycles. The van der Waals surface area contributed by atoms with Crippen LogP contribution in [-0.4, -0.2) is 61.9 Å². The smallest absolute Gasteiger partial charge is 0.272 e. The van der Waals surface area contributed by atoms with Crippen molar-refractivity contribution < 1.29 is 13.2 Å². The number of nitrogens with zero attached hydrogens (tertiary/aromatic N) is 3. The van der Waals surface area contributed by atoms with Gasteiger partial charge in [-0.3, -0.25) is 4.79 Å². The zero-order valence-electron chi connectivity index (χ0n) is 14.1. The average molecular weight is 351 g/mol. The van der Waals surface area contributed by atoms with Gasteiger partial charge in [0.2, 0.25) is 0 Å². The fourth-order valence-electron chi connectivity index (χ4n) is 3.46. The van der Waals surface area contributed by atoms with Gasteiger partial charge in [-0.25, -0.2) is 13.4 Å². The third-order valence-electron chi connectivity index (χ3n) is 5.01. The predicted octanol–water partition coefficient (Wildman–Crippen LogP) is 1.72. The highest BCUT2D eigenvalue weighted by Crippen LogP contribution is 2.21. The van der Waals surface area contributed by atoms with Crippen LogP contribution in [0.15, 0.2) is 18.3 Å². The number of carbonyl (C=O) groups excluding carboxylic acids is 1. The van der Waals surface area contributed by atoms with Gasteiger partial charge in [0.05, 0.1) is 23.4 Å². The molecule has 2 saturated heterocycles. The van der Waals surface area contributed by atoms with Gasteiger partial charge in [0, 0.05) is 26.2 Å². The van der Waals surface area contributed by atoms with E-state index < -0.39 is 9.84 Å². The zero-order chi connectivity index (χ0) is 17.2. The highest BCUT2D eigenvalue weighted by molar-refractivity contribution is 7.91. The standard InChI is InChI=1S/C17H25N3O3S/c1-19(15-8-11-24(22,23)13-15)17(21)16-7-6-14(12-18-16)20-9-4-2-3-5-10-20/h6-7,12,15H,2-5,8-11,13H2,1H3. The largest absolute Gasteiger partial charge is 0.370 e. The fraction of sp³-hybridized carbons (Fsp3) is 0.647. The maximum atomic E-state index is 12.5. The Balaban J connectivity index is 1.67. The molecule has 2 aliphatic rings. The molecule has 0 N–H and O–H groups in total. The Morgan fingerprint density at radius 1 is 1.21 bits per heavy atom. The lowest BCUT2D eigenvalue weighted by Gasteiger charge is -2.24. The maximum absolute atomic E-state index is 12.5. The molecule has 6 nitrogen and oxygen atoms in total. The molecule has 0 aromatic carbocycles. The molecular formula is C17H25N3O3S. The van der Waals surface area contributed by atoms with Crippen molar-refractivity contribution in [3.63, 3.8) is 0 Å². The molecule has 1 unspecified atom stereocenters. The Kier molecular flexibility index (Phi) is 5.08. The van der Waals surface area contributed by atoms with Crippen LogP contribution in [0.4, 0.5) is 5.69 Å². The number of aromatic nitrogens is 1. The van der Waals surface area contributed by atoms with Crippen LogP contribution in [0, 0.1) is 0 Å². The molecule has 1 amide bonds. The molecule has 0 spiro atoms. The first-order valence-corrected chi connectivity index (χ1v) is 10.5. The number of hydrogen-bond acceptors (Lipinski definition) is 5. The SMILES string of the molecule is CN(C(=O)c1ccc(N2CCCCCC2)cn1)C1CCS(=O)(=O)C1. The Labute approximate surface area is 143 Å². The highest BCUT2D eigenvalue weighted by Gasteiger charge is 2.33. The first kappa shape index (κ1) is 17.2. The lowest BCUT2D eigenvalue weighted by Crippen LogP contribution is -2.38.